The van der Waals surface area contributed by atoms with Crippen LogP contribution in [0.25, 0.3) is 0 Å². The average Bonchev–Trinajstić information content (AvgIpc) is 2.30. The van der Waals surface area contributed by atoms with Crippen molar-refractivity contribution >= 4 is 0 Å². The summed E-state index contributed by atoms with van der Waals surface area (Å²) in [6.45, 7) is 10.6. The fourth-order valence-electron chi connectivity index (χ4n) is 2.30. The molecule has 1 heteroatoms. The van der Waals surface area contributed by atoms with E-state index in [1.165, 1.54) is 19.4 Å². The first-order valence-electron chi connectivity index (χ1n) is 4.92. The Labute approximate surface area is 70.8 Å². The molecule has 0 aliphatic carbocycles. The molecule has 1 aliphatic heterocycles. The largest absolute Gasteiger partial charge is 0.298 e. The Bertz CT molecular complexity index is 120. The van der Waals surface area contributed by atoms with E-state index in [4.69, 9.17) is 0 Å². The first kappa shape index (κ1) is 9.05. The molecule has 1 fully saturated rings. The monoisotopic (exact) mass is 155 g/mol. The van der Waals surface area contributed by atoms with Gasteiger partial charge in [0.1, 0.15) is 0 Å². The summed E-state index contributed by atoms with van der Waals surface area (Å²) in [5, 5.41) is 0. The van der Waals surface area contributed by atoms with Gasteiger partial charge in [0.25, 0.3) is 0 Å². The zero-order chi connectivity index (χ0) is 8.43. The van der Waals surface area contributed by atoms with Gasteiger partial charge in [0, 0.05) is 12.1 Å². The molecular weight excluding hydrogens is 134 g/mol. The Kier molecular flexibility index (Phi) is 2.94. The number of rotatable bonds is 2. The summed E-state index contributed by atoms with van der Waals surface area (Å²) in [5.41, 5.74) is 0. The maximum atomic E-state index is 2.62. The number of hydrogen-bond acceptors (Lipinski definition) is 1. The molecule has 0 bridgehead atoms. The molecular formula is C10H21N. The highest BCUT2D eigenvalue weighted by Crippen LogP contribution is 2.27. The maximum Gasteiger partial charge on any atom is 0.00982 e. The minimum Gasteiger partial charge on any atom is -0.298 e. The van der Waals surface area contributed by atoms with Gasteiger partial charge in [0.05, 0.1) is 0 Å². The van der Waals surface area contributed by atoms with Crippen LogP contribution in [0, 0.1) is 5.92 Å². The third-order valence-corrected chi connectivity index (χ3v) is 3.15. The Morgan fingerprint density at radius 3 is 2.36 bits per heavy atom. The Morgan fingerprint density at radius 2 is 2.09 bits per heavy atom. The third kappa shape index (κ3) is 1.76. The lowest BCUT2D eigenvalue weighted by atomic mass is 9.99. The molecule has 0 aromatic carbocycles. The summed E-state index contributed by atoms with van der Waals surface area (Å²) in [5.74, 6) is 0.956. The van der Waals surface area contributed by atoms with E-state index >= 15 is 0 Å². The second-order valence-corrected chi connectivity index (χ2v) is 4.03. The van der Waals surface area contributed by atoms with Crippen LogP contribution in [0.1, 0.15) is 40.5 Å². The molecule has 11 heavy (non-hydrogen) atoms. The molecule has 1 nitrogen and oxygen atoms in total. The third-order valence-electron chi connectivity index (χ3n) is 3.15. The normalized spacial score (nSPS) is 33.5. The van der Waals surface area contributed by atoms with E-state index in [0.29, 0.717) is 0 Å². The van der Waals surface area contributed by atoms with Gasteiger partial charge >= 0.3 is 0 Å². The van der Waals surface area contributed by atoms with Crippen LogP contribution >= 0.6 is 0 Å². The molecule has 0 amide bonds. The van der Waals surface area contributed by atoms with Crippen LogP contribution in [-0.4, -0.2) is 23.5 Å². The summed E-state index contributed by atoms with van der Waals surface area (Å²) in [7, 11) is 0. The molecule has 2 unspecified atom stereocenters. The molecule has 66 valence electrons. The zero-order valence-electron chi connectivity index (χ0n) is 8.30. The van der Waals surface area contributed by atoms with E-state index in [1.54, 1.807) is 0 Å². The van der Waals surface area contributed by atoms with Gasteiger partial charge in [-0.2, -0.15) is 0 Å². The molecule has 0 radical (unpaired) electrons. The van der Waals surface area contributed by atoms with Crippen molar-refractivity contribution in [3.63, 3.8) is 0 Å². The van der Waals surface area contributed by atoms with Gasteiger partial charge < -0.3 is 0 Å². The van der Waals surface area contributed by atoms with Gasteiger partial charge in [-0.05, 0) is 39.7 Å². The second kappa shape index (κ2) is 3.57. The lowest BCUT2D eigenvalue weighted by molar-refractivity contribution is 0.194. The van der Waals surface area contributed by atoms with E-state index in [-0.39, 0.29) is 0 Å². The number of likely N-dealkylation sites (tertiary alicyclic amines) is 1. The van der Waals surface area contributed by atoms with Gasteiger partial charge in [0.15, 0.2) is 0 Å². The SMILES string of the molecule is CCC1CCN(C(C)C)C1C. The topological polar surface area (TPSA) is 3.24 Å². The molecule has 0 aromatic heterocycles. The molecule has 0 spiro atoms. The minimum absolute atomic E-state index is 0.738. The number of nitrogens with zero attached hydrogens (tertiary/aromatic N) is 1. The van der Waals surface area contributed by atoms with Crippen LogP contribution in [0.4, 0.5) is 0 Å². The molecule has 2 atom stereocenters. The number of hydrogen-bond donors (Lipinski definition) is 0. The fourth-order valence-corrected chi connectivity index (χ4v) is 2.30. The Morgan fingerprint density at radius 1 is 1.45 bits per heavy atom. The zero-order valence-corrected chi connectivity index (χ0v) is 8.30. The van der Waals surface area contributed by atoms with Gasteiger partial charge in [-0.3, -0.25) is 4.90 Å². The average molecular weight is 155 g/mol. The summed E-state index contributed by atoms with van der Waals surface area (Å²) in [6, 6.07) is 1.56. The smallest absolute Gasteiger partial charge is 0.00982 e. The Balaban J connectivity index is 2.48. The van der Waals surface area contributed by atoms with Crippen molar-refractivity contribution in [3.8, 4) is 0 Å². The van der Waals surface area contributed by atoms with Crippen molar-refractivity contribution in [2.24, 2.45) is 5.92 Å². The summed E-state index contributed by atoms with van der Waals surface area (Å²) in [6.07, 6.45) is 2.76. The van der Waals surface area contributed by atoms with E-state index in [1.807, 2.05) is 0 Å². The van der Waals surface area contributed by atoms with Crippen LogP contribution < -0.4 is 0 Å². The highest BCUT2D eigenvalue weighted by atomic mass is 15.2. The summed E-state index contributed by atoms with van der Waals surface area (Å²) >= 11 is 0. The van der Waals surface area contributed by atoms with Crippen molar-refractivity contribution in [2.45, 2.75) is 52.6 Å². The van der Waals surface area contributed by atoms with Crippen LogP contribution in [0.15, 0.2) is 0 Å². The lowest BCUT2D eigenvalue weighted by Crippen LogP contribution is -2.35. The van der Waals surface area contributed by atoms with Gasteiger partial charge in [-0.25, -0.2) is 0 Å². The molecule has 1 aliphatic rings. The van der Waals surface area contributed by atoms with Crippen LogP contribution in [0.2, 0.25) is 0 Å². The minimum atomic E-state index is 0.738. The molecule has 0 aromatic rings. The van der Waals surface area contributed by atoms with Crippen molar-refractivity contribution in [1.29, 1.82) is 0 Å². The highest BCUT2D eigenvalue weighted by molar-refractivity contribution is 4.84. The summed E-state index contributed by atoms with van der Waals surface area (Å²) < 4.78 is 0. The lowest BCUT2D eigenvalue weighted by Gasteiger charge is -2.27. The highest BCUT2D eigenvalue weighted by Gasteiger charge is 2.30. The van der Waals surface area contributed by atoms with E-state index in [0.717, 1.165) is 18.0 Å². The van der Waals surface area contributed by atoms with Gasteiger partial charge in [-0.15, -0.1) is 0 Å². The van der Waals surface area contributed by atoms with Crippen LogP contribution in [0.3, 0.4) is 0 Å². The molecule has 1 rings (SSSR count). The predicted octanol–water partition coefficient (Wildman–Crippen LogP) is 2.52. The van der Waals surface area contributed by atoms with Crippen molar-refractivity contribution in [1.82, 2.24) is 4.90 Å². The van der Waals surface area contributed by atoms with Crippen molar-refractivity contribution in [2.75, 3.05) is 6.54 Å². The molecule has 0 N–H and O–H groups in total. The molecule has 0 saturated carbocycles. The maximum absolute atomic E-state index is 2.62. The quantitative estimate of drug-likeness (QED) is 0.592. The fraction of sp³-hybridized carbons (Fsp3) is 1.00. The van der Waals surface area contributed by atoms with Gasteiger partial charge in [-0.1, -0.05) is 13.3 Å². The van der Waals surface area contributed by atoms with Gasteiger partial charge in [0.2, 0.25) is 0 Å². The van der Waals surface area contributed by atoms with Crippen molar-refractivity contribution in [3.05, 3.63) is 0 Å². The second-order valence-electron chi connectivity index (χ2n) is 4.03. The van der Waals surface area contributed by atoms with E-state index in [2.05, 4.69) is 32.6 Å². The Hall–Kier alpha value is -0.0400. The molecule has 1 saturated heterocycles. The van der Waals surface area contributed by atoms with Crippen LogP contribution in [0.5, 0.6) is 0 Å². The van der Waals surface area contributed by atoms with Crippen LogP contribution in [-0.2, 0) is 0 Å². The summed E-state index contributed by atoms with van der Waals surface area (Å²) in [4.78, 5) is 2.62. The van der Waals surface area contributed by atoms with Crippen molar-refractivity contribution < 1.29 is 0 Å². The first-order valence-corrected chi connectivity index (χ1v) is 4.92. The predicted molar refractivity (Wildman–Crippen MR) is 49.7 cm³/mol. The van der Waals surface area contributed by atoms with E-state index < -0.39 is 0 Å². The standard InChI is InChI=1S/C10H21N/c1-5-10-6-7-11(8(2)3)9(10)4/h8-10H,5-7H2,1-4H3. The first-order chi connectivity index (χ1) is 5.16. The molecule has 1 heterocycles. The van der Waals surface area contributed by atoms with E-state index in [9.17, 15) is 0 Å².